The van der Waals surface area contributed by atoms with Crippen LogP contribution in [0.2, 0.25) is 0 Å². The van der Waals surface area contributed by atoms with Crippen LogP contribution in [0.25, 0.3) is 0 Å². The van der Waals surface area contributed by atoms with E-state index < -0.39 is 18.6 Å². The lowest BCUT2D eigenvalue weighted by Gasteiger charge is -2.10. The van der Waals surface area contributed by atoms with Crippen LogP contribution in [0.15, 0.2) is 12.3 Å². The van der Waals surface area contributed by atoms with Crippen LogP contribution in [-0.2, 0) is 4.74 Å². The van der Waals surface area contributed by atoms with Gasteiger partial charge >= 0.3 is 12.1 Å². The predicted octanol–water partition coefficient (Wildman–Crippen LogP) is 2.99. The van der Waals surface area contributed by atoms with Crippen molar-refractivity contribution in [1.29, 1.82) is 0 Å². The lowest BCUT2D eigenvalue weighted by molar-refractivity contribution is -0.135. The number of anilines is 2. The van der Waals surface area contributed by atoms with Gasteiger partial charge in [-0.05, 0) is 25.8 Å². The first-order valence-corrected chi connectivity index (χ1v) is 6.56. The van der Waals surface area contributed by atoms with Crippen molar-refractivity contribution in [3.63, 3.8) is 0 Å². The summed E-state index contributed by atoms with van der Waals surface area (Å²) in [5.74, 6) is -0.184. The van der Waals surface area contributed by atoms with Crippen LogP contribution in [0.4, 0.5) is 24.7 Å². The van der Waals surface area contributed by atoms with E-state index in [0.717, 1.165) is 0 Å². The third kappa shape index (κ3) is 6.33. The SMILES string of the molecule is CCOC(=O)c1cc(NCCCCC(F)(F)F)ncc1N. The highest BCUT2D eigenvalue weighted by atomic mass is 19.4. The first kappa shape index (κ1) is 17.1. The van der Waals surface area contributed by atoms with Crippen molar-refractivity contribution in [2.24, 2.45) is 0 Å². The van der Waals surface area contributed by atoms with Crippen LogP contribution in [0.5, 0.6) is 0 Å². The van der Waals surface area contributed by atoms with Crippen LogP contribution in [0.3, 0.4) is 0 Å². The van der Waals surface area contributed by atoms with E-state index in [0.29, 0.717) is 18.8 Å². The first-order valence-electron chi connectivity index (χ1n) is 6.56. The van der Waals surface area contributed by atoms with Gasteiger partial charge in [0, 0.05) is 13.0 Å². The number of halogens is 3. The number of ether oxygens (including phenoxy) is 1. The average Bonchev–Trinajstić information content (AvgIpc) is 2.39. The molecule has 1 heterocycles. The number of carbonyl (C=O) groups excluding carboxylic acids is 1. The molecule has 118 valence electrons. The van der Waals surface area contributed by atoms with E-state index in [-0.39, 0.29) is 24.3 Å². The molecule has 0 spiro atoms. The first-order chi connectivity index (χ1) is 9.83. The number of hydrogen-bond donors (Lipinski definition) is 2. The lowest BCUT2D eigenvalue weighted by atomic mass is 10.2. The molecule has 8 heteroatoms. The number of alkyl halides is 3. The molecule has 1 aromatic rings. The van der Waals surface area contributed by atoms with Crippen LogP contribution in [0.1, 0.15) is 36.5 Å². The molecule has 3 N–H and O–H groups in total. The van der Waals surface area contributed by atoms with Gasteiger partial charge in [-0.15, -0.1) is 0 Å². The van der Waals surface area contributed by atoms with Gasteiger partial charge in [0.1, 0.15) is 5.82 Å². The maximum atomic E-state index is 12.0. The molecule has 0 atom stereocenters. The Hall–Kier alpha value is -1.99. The minimum atomic E-state index is -4.13. The number of rotatable bonds is 7. The fourth-order valence-electron chi connectivity index (χ4n) is 1.62. The van der Waals surface area contributed by atoms with Crippen molar-refractivity contribution in [3.8, 4) is 0 Å². The van der Waals surface area contributed by atoms with Gasteiger partial charge in [0.15, 0.2) is 0 Å². The smallest absolute Gasteiger partial charge is 0.389 e. The summed E-state index contributed by atoms with van der Waals surface area (Å²) in [6.45, 7) is 2.23. The van der Waals surface area contributed by atoms with Gasteiger partial charge in [-0.2, -0.15) is 13.2 Å². The lowest BCUT2D eigenvalue weighted by Crippen LogP contribution is -2.11. The highest BCUT2D eigenvalue weighted by Crippen LogP contribution is 2.22. The van der Waals surface area contributed by atoms with E-state index in [1.54, 1.807) is 6.92 Å². The Labute approximate surface area is 120 Å². The second-order valence-corrected chi connectivity index (χ2v) is 4.38. The van der Waals surface area contributed by atoms with E-state index in [1.807, 2.05) is 0 Å². The highest BCUT2D eigenvalue weighted by molar-refractivity contribution is 5.95. The van der Waals surface area contributed by atoms with Gasteiger partial charge in [-0.3, -0.25) is 0 Å². The van der Waals surface area contributed by atoms with E-state index in [9.17, 15) is 18.0 Å². The minimum Gasteiger partial charge on any atom is -0.462 e. The molecule has 0 bridgehead atoms. The molecular weight excluding hydrogens is 287 g/mol. The van der Waals surface area contributed by atoms with Crippen LogP contribution < -0.4 is 11.1 Å². The van der Waals surface area contributed by atoms with Gasteiger partial charge in [-0.25, -0.2) is 9.78 Å². The molecular formula is C13H18F3N3O2. The number of hydrogen-bond acceptors (Lipinski definition) is 5. The summed E-state index contributed by atoms with van der Waals surface area (Å²) in [5.41, 5.74) is 6.00. The Morgan fingerprint density at radius 1 is 1.43 bits per heavy atom. The second-order valence-electron chi connectivity index (χ2n) is 4.38. The minimum absolute atomic E-state index is 0.0379. The van der Waals surface area contributed by atoms with Crippen LogP contribution >= 0.6 is 0 Å². The molecule has 0 aliphatic heterocycles. The number of unbranched alkanes of at least 4 members (excludes halogenated alkanes) is 1. The normalized spacial score (nSPS) is 11.2. The van der Waals surface area contributed by atoms with Gasteiger partial charge in [0.2, 0.25) is 0 Å². The van der Waals surface area contributed by atoms with Gasteiger partial charge in [0.25, 0.3) is 0 Å². The molecule has 5 nitrogen and oxygen atoms in total. The summed E-state index contributed by atoms with van der Waals surface area (Å²) < 4.78 is 40.7. The predicted molar refractivity (Wildman–Crippen MR) is 73.0 cm³/mol. The third-order valence-corrected chi connectivity index (χ3v) is 2.62. The number of nitrogens with one attached hydrogen (secondary N) is 1. The fraction of sp³-hybridized carbons (Fsp3) is 0.538. The molecule has 0 saturated heterocycles. The van der Waals surface area contributed by atoms with E-state index in [2.05, 4.69) is 10.3 Å². The molecule has 0 amide bonds. The Morgan fingerprint density at radius 2 is 2.14 bits per heavy atom. The van der Waals surface area contributed by atoms with E-state index in [1.165, 1.54) is 12.3 Å². The highest BCUT2D eigenvalue weighted by Gasteiger charge is 2.25. The van der Waals surface area contributed by atoms with Crippen LogP contribution in [-0.4, -0.2) is 30.3 Å². The summed E-state index contributed by atoms with van der Waals surface area (Å²) in [7, 11) is 0. The number of aromatic nitrogens is 1. The maximum absolute atomic E-state index is 12.0. The standard InChI is InChI=1S/C13H18F3N3O2/c1-2-21-12(20)9-7-11(19-8-10(9)17)18-6-4-3-5-13(14,15)16/h7-8H,2-6,17H2,1H3,(H,18,19). The molecule has 0 aromatic carbocycles. The molecule has 1 rings (SSSR count). The van der Waals surface area contributed by atoms with Crippen molar-refractivity contribution in [3.05, 3.63) is 17.8 Å². The van der Waals surface area contributed by atoms with Gasteiger partial charge < -0.3 is 15.8 Å². The van der Waals surface area contributed by atoms with Crippen molar-refractivity contribution in [1.82, 2.24) is 4.98 Å². The molecule has 0 fully saturated rings. The summed E-state index contributed by atoms with van der Waals surface area (Å²) >= 11 is 0. The monoisotopic (exact) mass is 305 g/mol. The quantitative estimate of drug-likeness (QED) is 0.598. The summed E-state index contributed by atoms with van der Waals surface area (Å²) in [4.78, 5) is 15.6. The summed E-state index contributed by atoms with van der Waals surface area (Å²) in [6, 6.07) is 1.43. The fourth-order valence-corrected chi connectivity index (χ4v) is 1.62. The van der Waals surface area contributed by atoms with Crippen molar-refractivity contribution in [2.75, 3.05) is 24.2 Å². The molecule has 0 unspecified atom stereocenters. The number of esters is 1. The van der Waals surface area contributed by atoms with Crippen molar-refractivity contribution < 1.29 is 22.7 Å². The zero-order valence-electron chi connectivity index (χ0n) is 11.7. The van der Waals surface area contributed by atoms with Crippen molar-refractivity contribution >= 4 is 17.5 Å². The second kappa shape index (κ2) is 7.70. The average molecular weight is 305 g/mol. The number of pyridine rings is 1. The number of nitrogen functional groups attached to an aromatic ring is 1. The zero-order valence-corrected chi connectivity index (χ0v) is 11.7. The molecule has 21 heavy (non-hydrogen) atoms. The number of carbonyl (C=O) groups is 1. The Bertz CT molecular complexity index is 478. The van der Waals surface area contributed by atoms with E-state index >= 15 is 0 Å². The molecule has 0 aliphatic carbocycles. The number of nitrogens with zero attached hydrogens (tertiary/aromatic N) is 1. The topological polar surface area (TPSA) is 77.2 Å². The van der Waals surface area contributed by atoms with Crippen LogP contribution in [0, 0.1) is 0 Å². The Morgan fingerprint density at radius 3 is 2.76 bits per heavy atom. The Balaban J connectivity index is 2.49. The van der Waals surface area contributed by atoms with Gasteiger partial charge in [-0.1, -0.05) is 0 Å². The summed E-state index contributed by atoms with van der Waals surface area (Å²) in [5, 5.41) is 2.85. The zero-order chi connectivity index (χ0) is 15.9. The third-order valence-electron chi connectivity index (χ3n) is 2.62. The Kier molecular flexibility index (Phi) is 6.26. The number of nitrogens with two attached hydrogens (primary N) is 1. The maximum Gasteiger partial charge on any atom is 0.389 e. The van der Waals surface area contributed by atoms with Crippen molar-refractivity contribution in [2.45, 2.75) is 32.4 Å². The van der Waals surface area contributed by atoms with E-state index in [4.69, 9.17) is 10.5 Å². The molecule has 0 aliphatic rings. The largest absolute Gasteiger partial charge is 0.462 e. The molecule has 0 saturated carbocycles. The summed E-state index contributed by atoms with van der Waals surface area (Å²) in [6.07, 6.45) is -3.24. The molecule has 1 aromatic heterocycles. The van der Waals surface area contributed by atoms with Gasteiger partial charge in [0.05, 0.1) is 24.1 Å². The molecule has 0 radical (unpaired) electrons.